The molecule has 108 valence electrons. The summed E-state index contributed by atoms with van der Waals surface area (Å²) in [5.74, 6) is -0.859. The number of benzene rings is 1. The predicted molar refractivity (Wildman–Crippen MR) is 76.6 cm³/mol. The van der Waals surface area contributed by atoms with Crippen LogP contribution in [0.15, 0.2) is 28.5 Å². The topological polar surface area (TPSA) is 85.1 Å². The summed E-state index contributed by atoms with van der Waals surface area (Å²) in [7, 11) is -3.87. The average molecular weight is 315 g/mol. The van der Waals surface area contributed by atoms with Gasteiger partial charge in [0.25, 0.3) is 0 Å². The molecule has 1 heterocycles. The van der Waals surface area contributed by atoms with Crippen molar-refractivity contribution >= 4 is 27.0 Å². The quantitative estimate of drug-likeness (QED) is 0.822. The standard InChI is InChI=1S/C12H14FN3O2S2/c1-8-7-19-12(16-8)4-5-15-20(17,18)11-3-2-9(14)6-10(11)13/h2-3,6-7,15H,4-5,14H2,1H3. The molecule has 0 unspecified atom stereocenters. The number of nitrogen functional groups attached to an aromatic ring is 1. The van der Waals surface area contributed by atoms with E-state index in [1.54, 1.807) is 0 Å². The van der Waals surface area contributed by atoms with Crippen LogP contribution in [0.4, 0.5) is 10.1 Å². The van der Waals surface area contributed by atoms with Gasteiger partial charge in [-0.05, 0) is 25.1 Å². The van der Waals surface area contributed by atoms with Gasteiger partial charge in [-0.2, -0.15) is 0 Å². The van der Waals surface area contributed by atoms with Crippen LogP contribution in [-0.4, -0.2) is 19.9 Å². The Morgan fingerprint density at radius 3 is 2.80 bits per heavy atom. The van der Waals surface area contributed by atoms with Crippen molar-refractivity contribution in [3.63, 3.8) is 0 Å². The molecule has 0 radical (unpaired) electrons. The van der Waals surface area contributed by atoms with Crippen molar-refractivity contribution in [2.75, 3.05) is 12.3 Å². The SMILES string of the molecule is Cc1csc(CCNS(=O)(=O)c2ccc(N)cc2F)n1. The number of anilines is 1. The lowest BCUT2D eigenvalue weighted by Gasteiger charge is -2.07. The largest absolute Gasteiger partial charge is 0.399 e. The van der Waals surface area contributed by atoms with Gasteiger partial charge in [-0.25, -0.2) is 22.5 Å². The highest BCUT2D eigenvalue weighted by Crippen LogP contribution is 2.17. The molecule has 3 N–H and O–H groups in total. The van der Waals surface area contributed by atoms with Crippen LogP contribution in [0.5, 0.6) is 0 Å². The third-order valence-electron chi connectivity index (χ3n) is 2.54. The smallest absolute Gasteiger partial charge is 0.243 e. The maximum absolute atomic E-state index is 13.6. The highest BCUT2D eigenvalue weighted by Gasteiger charge is 2.18. The van der Waals surface area contributed by atoms with Crippen LogP contribution in [0.25, 0.3) is 0 Å². The Labute approximate surface area is 120 Å². The molecule has 1 aromatic carbocycles. The molecule has 8 heteroatoms. The Balaban J connectivity index is 2.04. The summed E-state index contributed by atoms with van der Waals surface area (Å²) < 4.78 is 39.8. The molecular formula is C12H14FN3O2S2. The van der Waals surface area contributed by atoms with Gasteiger partial charge < -0.3 is 5.73 Å². The molecule has 0 bridgehead atoms. The highest BCUT2D eigenvalue weighted by atomic mass is 32.2. The molecule has 20 heavy (non-hydrogen) atoms. The minimum absolute atomic E-state index is 0.166. The van der Waals surface area contributed by atoms with Crippen LogP contribution >= 0.6 is 11.3 Å². The van der Waals surface area contributed by atoms with E-state index in [2.05, 4.69) is 9.71 Å². The fourth-order valence-corrected chi connectivity index (χ4v) is 3.49. The summed E-state index contributed by atoms with van der Waals surface area (Å²) >= 11 is 1.46. The van der Waals surface area contributed by atoms with Gasteiger partial charge >= 0.3 is 0 Å². The first-order valence-electron chi connectivity index (χ1n) is 5.84. The van der Waals surface area contributed by atoms with Crippen molar-refractivity contribution in [1.29, 1.82) is 0 Å². The molecule has 0 atom stereocenters. The first-order valence-corrected chi connectivity index (χ1v) is 8.20. The third kappa shape index (κ3) is 3.53. The summed E-state index contributed by atoms with van der Waals surface area (Å²) in [6, 6.07) is 3.49. The Hall–Kier alpha value is -1.51. The monoisotopic (exact) mass is 315 g/mol. The Morgan fingerprint density at radius 1 is 1.45 bits per heavy atom. The Morgan fingerprint density at radius 2 is 2.20 bits per heavy atom. The second-order valence-electron chi connectivity index (χ2n) is 4.22. The lowest BCUT2D eigenvalue weighted by molar-refractivity contribution is 0.557. The fourth-order valence-electron chi connectivity index (χ4n) is 1.62. The Kier molecular flexibility index (Phi) is 4.36. The number of thiazole rings is 1. The van der Waals surface area contributed by atoms with Crippen molar-refractivity contribution < 1.29 is 12.8 Å². The van der Waals surface area contributed by atoms with E-state index < -0.39 is 20.7 Å². The lowest BCUT2D eigenvalue weighted by Crippen LogP contribution is -2.26. The summed E-state index contributed by atoms with van der Waals surface area (Å²) in [5, 5.41) is 2.73. The molecule has 0 spiro atoms. The molecule has 0 amide bonds. The van der Waals surface area contributed by atoms with Crippen LogP contribution in [-0.2, 0) is 16.4 Å². The minimum Gasteiger partial charge on any atom is -0.399 e. The summed E-state index contributed by atoms with van der Waals surface area (Å²) in [6.45, 7) is 2.03. The molecule has 0 fully saturated rings. The molecule has 2 rings (SSSR count). The summed E-state index contributed by atoms with van der Waals surface area (Å²) in [6.07, 6.45) is 0.467. The predicted octanol–water partition coefficient (Wildman–Crippen LogP) is 1.69. The zero-order valence-corrected chi connectivity index (χ0v) is 12.4. The van der Waals surface area contributed by atoms with Crippen LogP contribution in [0.3, 0.4) is 0 Å². The third-order valence-corrected chi connectivity index (χ3v) is 5.06. The molecule has 0 saturated heterocycles. The number of nitrogens with zero attached hydrogens (tertiary/aromatic N) is 1. The maximum atomic E-state index is 13.6. The first kappa shape index (κ1) is 14.9. The van der Waals surface area contributed by atoms with E-state index in [1.807, 2.05) is 12.3 Å². The van der Waals surface area contributed by atoms with Gasteiger partial charge in [0.05, 0.1) is 5.01 Å². The van der Waals surface area contributed by atoms with Crippen LogP contribution in [0.2, 0.25) is 0 Å². The van der Waals surface area contributed by atoms with E-state index in [-0.39, 0.29) is 12.2 Å². The average Bonchev–Trinajstić information content (AvgIpc) is 2.74. The molecule has 0 aliphatic rings. The number of hydrogen-bond acceptors (Lipinski definition) is 5. The number of rotatable bonds is 5. The number of aryl methyl sites for hydroxylation is 1. The zero-order chi connectivity index (χ0) is 14.8. The number of halogens is 1. The van der Waals surface area contributed by atoms with E-state index in [0.29, 0.717) is 6.42 Å². The van der Waals surface area contributed by atoms with Gasteiger partial charge in [0.1, 0.15) is 10.7 Å². The highest BCUT2D eigenvalue weighted by molar-refractivity contribution is 7.89. The number of nitrogens with one attached hydrogen (secondary N) is 1. The second-order valence-corrected chi connectivity index (χ2v) is 6.90. The van der Waals surface area contributed by atoms with Crippen LogP contribution < -0.4 is 10.5 Å². The number of hydrogen-bond donors (Lipinski definition) is 2. The van der Waals surface area contributed by atoms with Gasteiger partial charge in [-0.3, -0.25) is 0 Å². The van der Waals surface area contributed by atoms with Crippen molar-refractivity contribution in [3.8, 4) is 0 Å². The number of aromatic nitrogens is 1. The van der Waals surface area contributed by atoms with Crippen LogP contribution in [0.1, 0.15) is 10.7 Å². The molecule has 0 aliphatic heterocycles. The van der Waals surface area contributed by atoms with Crippen molar-refractivity contribution in [3.05, 3.63) is 40.1 Å². The van der Waals surface area contributed by atoms with E-state index in [0.717, 1.165) is 22.8 Å². The molecule has 1 aromatic heterocycles. The first-order chi connectivity index (χ1) is 9.38. The minimum atomic E-state index is -3.87. The van der Waals surface area contributed by atoms with Gasteiger partial charge in [0.15, 0.2) is 0 Å². The summed E-state index contributed by atoms with van der Waals surface area (Å²) in [4.78, 5) is 3.82. The molecular weight excluding hydrogens is 301 g/mol. The lowest BCUT2D eigenvalue weighted by atomic mass is 10.3. The van der Waals surface area contributed by atoms with Crippen molar-refractivity contribution in [2.24, 2.45) is 0 Å². The zero-order valence-electron chi connectivity index (χ0n) is 10.8. The molecule has 2 aromatic rings. The van der Waals surface area contributed by atoms with Gasteiger partial charge in [0.2, 0.25) is 10.0 Å². The van der Waals surface area contributed by atoms with Gasteiger partial charge in [0, 0.05) is 29.7 Å². The van der Waals surface area contributed by atoms with Crippen molar-refractivity contribution in [1.82, 2.24) is 9.71 Å². The molecule has 5 nitrogen and oxygen atoms in total. The molecule has 0 aliphatic carbocycles. The van der Waals surface area contributed by atoms with Gasteiger partial charge in [-0.1, -0.05) is 0 Å². The van der Waals surface area contributed by atoms with Gasteiger partial charge in [-0.15, -0.1) is 11.3 Å². The number of sulfonamides is 1. The van der Waals surface area contributed by atoms with E-state index >= 15 is 0 Å². The number of nitrogens with two attached hydrogens (primary N) is 1. The Bertz CT molecular complexity index is 713. The summed E-state index contributed by atoms with van der Waals surface area (Å²) in [5.41, 5.74) is 6.47. The van der Waals surface area contributed by atoms with E-state index in [4.69, 9.17) is 5.73 Å². The molecule has 0 saturated carbocycles. The maximum Gasteiger partial charge on any atom is 0.243 e. The van der Waals surface area contributed by atoms with Crippen molar-refractivity contribution in [2.45, 2.75) is 18.2 Å². The van der Waals surface area contributed by atoms with E-state index in [1.165, 1.54) is 17.4 Å². The van der Waals surface area contributed by atoms with E-state index in [9.17, 15) is 12.8 Å². The normalized spacial score (nSPS) is 11.7. The fraction of sp³-hybridized carbons (Fsp3) is 0.250. The second kappa shape index (κ2) is 5.86. The van der Waals surface area contributed by atoms with Crippen LogP contribution in [0, 0.1) is 12.7 Å².